The van der Waals surface area contributed by atoms with E-state index in [0.717, 1.165) is 32.7 Å². The van der Waals surface area contributed by atoms with Crippen LogP contribution >= 0.6 is 0 Å². The van der Waals surface area contributed by atoms with Gasteiger partial charge in [0.1, 0.15) is 6.04 Å². The summed E-state index contributed by atoms with van der Waals surface area (Å²) in [5.41, 5.74) is 0. The molecule has 1 fully saturated rings. The summed E-state index contributed by atoms with van der Waals surface area (Å²) in [6.07, 6.45) is 3.01. The number of nitrogens with zero attached hydrogens (tertiary/aromatic N) is 1. The predicted molar refractivity (Wildman–Crippen MR) is 70.8 cm³/mol. The molecule has 2 unspecified atom stereocenters. The van der Waals surface area contributed by atoms with Gasteiger partial charge in [-0.2, -0.15) is 0 Å². The summed E-state index contributed by atoms with van der Waals surface area (Å²) in [7, 11) is 2.06. The molecule has 2 N–H and O–H groups in total. The van der Waals surface area contributed by atoms with Crippen molar-refractivity contribution in [2.45, 2.75) is 32.2 Å². The molecule has 0 amide bonds. The van der Waals surface area contributed by atoms with Gasteiger partial charge in [0.2, 0.25) is 0 Å². The number of ether oxygens (including phenoxy) is 1. The predicted octanol–water partition coefficient (Wildman–Crippen LogP) is 0.798. The number of carboxylic acids is 1. The molecule has 2 atom stereocenters. The fourth-order valence-corrected chi connectivity index (χ4v) is 2.39. The molecular weight excluding hydrogens is 232 g/mol. The van der Waals surface area contributed by atoms with Gasteiger partial charge >= 0.3 is 5.97 Å². The van der Waals surface area contributed by atoms with Crippen LogP contribution in [0.4, 0.5) is 0 Å². The number of carbonyl (C=O) groups is 1. The van der Waals surface area contributed by atoms with Gasteiger partial charge in [0.15, 0.2) is 0 Å². The Kier molecular flexibility index (Phi) is 7.23. The highest BCUT2D eigenvalue weighted by molar-refractivity contribution is 5.73. The lowest BCUT2D eigenvalue weighted by molar-refractivity contribution is -0.139. The van der Waals surface area contributed by atoms with Gasteiger partial charge in [0.05, 0.1) is 6.61 Å². The van der Waals surface area contributed by atoms with Gasteiger partial charge in [0.25, 0.3) is 0 Å². The maximum absolute atomic E-state index is 11.0. The van der Waals surface area contributed by atoms with E-state index in [1.165, 1.54) is 6.42 Å². The van der Waals surface area contributed by atoms with Gasteiger partial charge in [-0.25, -0.2) is 0 Å². The summed E-state index contributed by atoms with van der Waals surface area (Å²) in [5.74, 6) is -0.155. The molecule has 0 bridgehead atoms. The average molecular weight is 258 g/mol. The lowest BCUT2D eigenvalue weighted by Crippen LogP contribution is -2.40. The second kappa shape index (κ2) is 8.45. The van der Waals surface area contributed by atoms with Crippen LogP contribution in [-0.4, -0.2) is 61.9 Å². The van der Waals surface area contributed by atoms with E-state index in [-0.39, 0.29) is 0 Å². The Bertz CT molecular complexity index is 242. The summed E-state index contributed by atoms with van der Waals surface area (Å²) in [6.45, 7) is 6.16. The van der Waals surface area contributed by atoms with Gasteiger partial charge in [-0.1, -0.05) is 6.92 Å². The van der Waals surface area contributed by atoms with E-state index in [1.807, 2.05) is 6.92 Å². The first-order valence-corrected chi connectivity index (χ1v) is 6.86. The fourth-order valence-electron chi connectivity index (χ4n) is 2.39. The lowest BCUT2D eigenvalue weighted by Gasteiger charge is -2.27. The van der Waals surface area contributed by atoms with Crippen molar-refractivity contribution in [1.29, 1.82) is 0 Å². The fraction of sp³-hybridized carbons (Fsp3) is 0.923. The van der Waals surface area contributed by atoms with Crippen molar-refractivity contribution in [2.75, 3.05) is 39.9 Å². The number of likely N-dealkylation sites (N-methyl/N-ethyl adjacent to an activating group) is 1. The number of rotatable bonds is 8. The Morgan fingerprint density at radius 2 is 2.39 bits per heavy atom. The molecule has 1 saturated heterocycles. The minimum atomic E-state index is -0.758. The second-order valence-corrected chi connectivity index (χ2v) is 5.08. The van der Waals surface area contributed by atoms with Crippen molar-refractivity contribution >= 4 is 5.97 Å². The van der Waals surface area contributed by atoms with Gasteiger partial charge in [-0.15, -0.1) is 0 Å². The van der Waals surface area contributed by atoms with Crippen LogP contribution in [0, 0.1) is 5.92 Å². The Morgan fingerprint density at radius 3 is 2.94 bits per heavy atom. The molecule has 5 heteroatoms. The largest absolute Gasteiger partial charge is 0.480 e. The van der Waals surface area contributed by atoms with Crippen molar-refractivity contribution in [3.8, 4) is 0 Å². The third kappa shape index (κ3) is 5.80. The third-order valence-electron chi connectivity index (χ3n) is 3.37. The number of nitrogens with one attached hydrogen (secondary N) is 1. The average Bonchev–Trinajstić information content (AvgIpc) is 2.35. The van der Waals surface area contributed by atoms with E-state index in [2.05, 4.69) is 17.3 Å². The van der Waals surface area contributed by atoms with Crippen molar-refractivity contribution in [1.82, 2.24) is 10.2 Å². The minimum Gasteiger partial charge on any atom is -0.480 e. The molecule has 18 heavy (non-hydrogen) atoms. The zero-order chi connectivity index (χ0) is 13.4. The highest BCUT2D eigenvalue weighted by Gasteiger charge is 2.19. The smallest absolute Gasteiger partial charge is 0.320 e. The minimum absolute atomic E-state index is 0.431. The van der Waals surface area contributed by atoms with Crippen molar-refractivity contribution < 1.29 is 14.6 Å². The Morgan fingerprint density at radius 1 is 1.61 bits per heavy atom. The molecule has 1 rings (SSSR count). The van der Waals surface area contributed by atoms with E-state index >= 15 is 0 Å². The molecule has 0 aliphatic carbocycles. The van der Waals surface area contributed by atoms with Crippen molar-refractivity contribution in [2.24, 2.45) is 5.92 Å². The van der Waals surface area contributed by atoms with Crippen molar-refractivity contribution in [3.05, 3.63) is 0 Å². The van der Waals surface area contributed by atoms with E-state index in [1.54, 1.807) is 0 Å². The summed E-state index contributed by atoms with van der Waals surface area (Å²) in [4.78, 5) is 13.2. The summed E-state index contributed by atoms with van der Waals surface area (Å²) in [6, 6.07) is -0.431. The first-order chi connectivity index (χ1) is 8.63. The van der Waals surface area contributed by atoms with Crippen LogP contribution in [0.5, 0.6) is 0 Å². The van der Waals surface area contributed by atoms with Gasteiger partial charge in [-0.3, -0.25) is 4.79 Å². The van der Waals surface area contributed by atoms with Crippen LogP contribution < -0.4 is 5.32 Å². The molecule has 0 aromatic heterocycles. The highest BCUT2D eigenvalue weighted by atomic mass is 16.5. The first-order valence-electron chi connectivity index (χ1n) is 6.86. The molecule has 5 nitrogen and oxygen atoms in total. The standard InChI is InChI=1S/C13H26N2O3/c1-3-14-12(13(16)17)6-7-15(2)9-11-5-4-8-18-10-11/h11-12,14H,3-10H2,1-2H3,(H,16,17). The SMILES string of the molecule is CCNC(CCN(C)CC1CCCOC1)C(=O)O. The third-order valence-corrected chi connectivity index (χ3v) is 3.37. The Hall–Kier alpha value is -0.650. The molecule has 1 aliphatic heterocycles. The van der Waals surface area contributed by atoms with Crippen LogP contribution in [0.25, 0.3) is 0 Å². The van der Waals surface area contributed by atoms with Crippen LogP contribution in [0.3, 0.4) is 0 Å². The van der Waals surface area contributed by atoms with Gasteiger partial charge in [-0.05, 0) is 45.3 Å². The Balaban J connectivity index is 2.21. The number of carboxylic acid groups (broad SMARTS) is 1. The maximum Gasteiger partial charge on any atom is 0.320 e. The van der Waals surface area contributed by atoms with Crippen LogP contribution in [0.2, 0.25) is 0 Å². The zero-order valence-corrected chi connectivity index (χ0v) is 11.5. The molecule has 106 valence electrons. The molecule has 0 spiro atoms. The number of hydrogen-bond acceptors (Lipinski definition) is 4. The second-order valence-electron chi connectivity index (χ2n) is 5.08. The van der Waals surface area contributed by atoms with Crippen LogP contribution in [-0.2, 0) is 9.53 Å². The van der Waals surface area contributed by atoms with Crippen molar-refractivity contribution in [3.63, 3.8) is 0 Å². The van der Waals surface area contributed by atoms with E-state index in [0.29, 0.717) is 18.9 Å². The van der Waals surface area contributed by atoms with E-state index < -0.39 is 12.0 Å². The summed E-state index contributed by atoms with van der Waals surface area (Å²) in [5, 5.41) is 12.0. The molecule has 0 radical (unpaired) electrons. The zero-order valence-electron chi connectivity index (χ0n) is 11.5. The van der Waals surface area contributed by atoms with Crippen LogP contribution in [0.1, 0.15) is 26.2 Å². The number of aliphatic carboxylic acids is 1. The van der Waals surface area contributed by atoms with E-state index in [9.17, 15) is 4.79 Å². The molecule has 0 saturated carbocycles. The van der Waals surface area contributed by atoms with Gasteiger partial charge in [0, 0.05) is 13.2 Å². The lowest BCUT2D eigenvalue weighted by atomic mass is 10.0. The Labute approximate surface area is 109 Å². The topological polar surface area (TPSA) is 61.8 Å². The first kappa shape index (κ1) is 15.4. The maximum atomic E-state index is 11.0. The normalized spacial score (nSPS) is 22.1. The van der Waals surface area contributed by atoms with E-state index in [4.69, 9.17) is 9.84 Å². The molecule has 0 aromatic rings. The summed E-state index contributed by atoms with van der Waals surface area (Å²) >= 11 is 0. The molecular formula is C13H26N2O3. The number of hydrogen-bond donors (Lipinski definition) is 2. The molecule has 1 heterocycles. The highest BCUT2D eigenvalue weighted by Crippen LogP contribution is 2.14. The quantitative estimate of drug-likeness (QED) is 0.674. The molecule has 0 aromatic carbocycles. The molecule has 1 aliphatic rings. The van der Waals surface area contributed by atoms with Crippen LogP contribution in [0.15, 0.2) is 0 Å². The monoisotopic (exact) mass is 258 g/mol. The van der Waals surface area contributed by atoms with Gasteiger partial charge < -0.3 is 20.1 Å². The summed E-state index contributed by atoms with van der Waals surface area (Å²) < 4.78 is 5.45.